The Morgan fingerprint density at radius 1 is 1.45 bits per heavy atom. The van der Waals surface area contributed by atoms with Crippen molar-refractivity contribution in [1.29, 1.82) is 0 Å². The first-order valence-corrected chi connectivity index (χ1v) is 6.53. The van der Waals surface area contributed by atoms with Crippen molar-refractivity contribution in [2.24, 2.45) is 0 Å². The number of alkyl halides is 3. The minimum Gasteiger partial charge on any atom is -0.394 e. The molecule has 1 aromatic rings. The molecular formula is C12H17F3N4O. The number of hydrogen-bond acceptors (Lipinski definition) is 5. The summed E-state index contributed by atoms with van der Waals surface area (Å²) in [5.41, 5.74) is -0.970. The van der Waals surface area contributed by atoms with Gasteiger partial charge in [-0.3, -0.25) is 0 Å². The van der Waals surface area contributed by atoms with E-state index in [2.05, 4.69) is 15.3 Å². The molecule has 0 aromatic carbocycles. The van der Waals surface area contributed by atoms with E-state index in [4.69, 9.17) is 0 Å². The molecule has 2 rings (SSSR count). The molecule has 5 nitrogen and oxygen atoms in total. The van der Waals surface area contributed by atoms with Gasteiger partial charge in [-0.25, -0.2) is 4.98 Å². The number of anilines is 2. The minimum atomic E-state index is -4.52. The molecule has 1 atom stereocenters. The van der Waals surface area contributed by atoms with Crippen LogP contribution in [0.3, 0.4) is 0 Å². The molecule has 0 saturated carbocycles. The maximum absolute atomic E-state index is 12.9. The summed E-state index contributed by atoms with van der Waals surface area (Å²) in [7, 11) is 0. The van der Waals surface area contributed by atoms with Crippen molar-refractivity contribution in [2.45, 2.75) is 32.0 Å². The van der Waals surface area contributed by atoms with Crippen LogP contribution >= 0.6 is 0 Å². The second kappa shape index (κ2) is 5.82. The van der Waals surface area contributed by atoms with Gasteiger partial charge in [0.25, 0.3) is 0 Å². The summed E-state index contributed by atoms with van der Waals surface area (Å²) in [6.45, 7) is 2.69. The standard InChI is InChI=1S/C12H17F3N4O/c1-2-16-11-17-9(12(13,14)15)6-10(18-11)19-5-3-4-8(19)7-20/h6,8,20H,2-5,7H2,1H3,(H,16,17,18). The number of nitrogens with one attached hydrogen (secondary N) is 1. The van der Waals surface area contributed by atoms with E-state index in [0.29, 0.717) is 13.1 Å². The Hall–Kier alpha value is -1.57. The number of hydrogen-bond donors (Lipinski definition) is 2. The molecule has 1 aliphatic rings. The third-order valence-electron chi connectivity index (χ3n) is 3.22. The molecule has 1 aliphatic heterocycles. The molecule has 1 unspecified atom stereocenters. The molecule has 1 saturated heterocycles. The van der Waals surface area contributed by atoms with Crippen LogP contribution in [-0.2, 0) is 6.18 Å². The van der Waals surface area contributed by atoms with Gasteiger partial charge in [-0.2, -0.15) is 18.2 Å². The Morgan fingerprint density at radius 2 is 2.20 bits per heavy atom. The average Bonchev–Trinajstić information content (AvgIpc) is 2.86. The fourth-order valence-corrected chi connectivity index (χ4v) is 2.29. The van der Waals surface area contributed by atoms with Crippen molar-refractivity contribution in [1.82, 2.24) is 9.97 Å². The smallest absolute Gasteiger partial charge is 0.394 e. The predicted molar refractivity (Wildman–Crippen MR) is 68.7 cm³/mol. The molecule has 20 heavy (non-hydrogen) atoms. The second-order valence-electron chi connectivity index (χ2n) is 4.64. The number of aliphatic hydroxyl groups excluding tert-OH is 1. The molecule has 1 aromatic heterocycles. The Bertz CT molecular complexity index is 467. The van der Waals surface area contributed by atoms with Crippen molar-refractivity contribution in [2.75, 3.05) is 29.9 Å². The third-order valence-corrected chi connectivity index (χ3v) is 3.22. The zero-order chi connectivity index (χ0) is 14.8. The van der Waals surface area contributed by atoms with E-state index in [-0.39, 0.29) is 24.4 Å². The molecule has 0 bridgehead atoms. The van der Waals surface area contributed by atoms with Crippen LogP contribution in [0.5, 0.6) is 0 Å². The molecule has 0 spiro atoms. The zero-order valence-corrected chi connectivity index (χ0v) is 11.1. The highest BCUT2D eigenvalue weighted by atomic mass is 19.4. The van der Waals surface area contributed by atoms with Gasteiger partial charge in [0, 0.05) is 19.2 Å². The van der Waals surface area contributed by atoms with Crippen molar-refractivity contribution in [3.8, 4) is 0 Å². The quantitative estimate of drug-likeness (QED) is 0.886. The summed E-state index contributed by atoms with van der Waals surface area (Å²) >= 11 is 0. The number of aromatic nitrogens is 2. The highest BCUT2D eigenvalue weighted by Gasteiger charge is 2.35. The number of rotatable bonds is 4. The van der Waals surface area contributed by atoms with E-state index < -0.39 is 11.9 Å². The van der Waals surface area contributed by atoms with Gasteiger partial charge in [-0.05, 0) is 19.8 Å². The van der Waals surface area contributed by atoms with Gasteiger partial charge >= 0.3 is 6.18 Å². The molecule has 8 heteroatoms. The van der Waals surface area contributed by atoms with Gasteiger partial charge in [0.2, 0.25) is 5.95 Å². The van der Waals surface area contributed by atoms with Gasteiger partial charge < -0.3 is 15.3 Å². The van der Waals surface area contributed by atoms with Gasteiger partial charge in [-0.1, -0.05) is 0 Å². The van der Waals surface area contributed by atoms with Gasteiger partial charge in [0.15, 0.2) is 5.69 Å². The van der Waals surface area contributed by atoms with Crippen LogP contribution in [0.1, 0.15) is 25.5 Å². The van der Waals surface area contributed by atoms with E-state index in [1.165, 1.54) is 0 Å². The summed E-state index contributed by atoms with van der Waals surface area (Å²) in [6.07, 6.45) is -2.94. The van der Waals surface area contributed by atoms with Crippen LogP contribution in [0.25, 0.3) is 0 Å². The van der Waals surface area contributed by atoms with Gasteiger partial charge in [0.1, 0.15) is 5.82 Å². The first kappa shape index (κ1) is 14.8. The maximum Gasteiger partial charge on any atom is 0.433 e. The molecule has 0 aliphatic carbocycles. The van der Waals surface area contributed by atoms with Crippen LogP contribution in [0.2, 0.25) is 0 Å². The molecule has 2 N–H and O–H groups in total. The lowest BCUT2D eigenvalue weighted by atomic mass is 10.2. The molecule has 0 amide bonds. The summed E-state index contributed by atoms with van der Waals surface area (Å²) in [6, 6.07) is 0.759. The number of halogens is 3. The molecular weight excluding hydrogens is 273 g/mol. The van der Waals surface area contributed by atoms with Crippen molar-refractivity contribution in [3.05, 3.63) is 11.8 Å². The average molecular weight is 290 g/mol. The normalized spacial score (nSPS) is 19.4. The van der Waals surface area contributed by atoms with Crippen molar-refractivity contribution >= 4 is 11.8 Å². The van der Waals surface area contributed by atoms with E-state index in [9.17, 15) is 18.3 Å². The first-order valence-electron chi connectivity index (χ1n) is 6.53. The van der Waals surface area contributed by atoms with E-state index in [0.717, 1.165) is 18.9 Å². The van der Waals surface area contributed by atoms with Crippen LogP contribution in [-0.4, -0.2) is 40.8 Å². The second-order valence-corrected chi connectivity index (χ2v) is 4.64. The number of nitrogens with zero attached hydrogens (tertiary/aromatic N) is 3. The van der Waals surface area contributed by atoms with E-state index in [1.54, 1.807) is 11.8 Å². The highest BCUT2D eigenvalue weighted by molar-refractivity contribution is 5.47. The fourth-order valence-electron chi connectivity index (χ4n) is 2.29. The summed E-state index contributed by atoms with van der Waals surface area (Å²) < 4.78 is 38.6. The van der Waals surface area contributed by atoms with Crippen LogP contribution < -0.4 is 10.2 Å². The molecule has 0 radical (unpaired) electrons. The molecule has 1 fully saturated rings. The maximum atomic E-state index is 12.9. The largest absolute Gasteiger partial charge is 0.433 e. The van der Waals surface area contributed by atoms with Crippen LogP contribution in [0, 0.1) is 0 Å². The van der Waals surface area contributed by atoms with Crippen molar-refractivity contribution < 1.29 is 18.3 Å². The Labute approximate surface area is 114 Å². The summed E-state index contributed by atoms with van der Waals surface area (Å²) in [4.78, 5) is 9.30. The minimum absolute atomic E-state index is 0.0408. The molecule has 112 valence electrons. The summed E-state index contributed by atoms with van der Waals surface area (Å²) in [5, 5.41) is 12.0. The SMILES string of the molecule is CCNc1nc(N2CCCC2CO)cc(C(F)(F)F)n1. The van der Waals surface area contributed by atoms with Crippen LogP contribution in [0.4, 0.5) is 24.9 Å². The topological polar surface area (TPSA) is 61.3 Å². The predicted octanol–water partition coefficient (Wildman–Crippen LogP) is 1.89. The van der Waals surface area contributed by atoms with Crippen molar-refractivity contribution in [3.63, 3.8) is 0 Å². The van der Waals surface area contributed by atoms with Crippen LogP contribution in [0.15, 0.2) is 6.07 Å². The lowest BCUT2D eigenvalue weighted by Gasteiger charge is -2.25. The number of aliphatic hydroxyl groups is 1. The molecule has 2 heterocycles. The lowest BCUT2D eigenvalue weighted by molar-refractivity contribution is -0.141. The lowest BCUT2D eigenvalue weighted by Crippen LogP contribution is -2.33. The van der Waals surface area contributed by atoms with E-state index >= 15 is 0 Å². The third kappa shape index (κ3) is 3.12. The summed E-state index contributed by atoms with van der Waals surface area (Å²) in [5.74, 6) is 0.167. The van der Waals surface area contributed by atoms with E-state index in [1.807, 2.05) is 0 Å². The monoisotopic (exact) mass is 290 g/mol. The fraction of sp³-hybridized carbons (Fsp3) is 0.667. The Morgan fingerprint density at radius 3 is 2.80 bits per heavy atom. The Balaban J connectivity index is 2.38. The van der Waals surface area contributed by atoms with Gasteiger partial charge in [0.05, 0.1) is 12.6 Å². The zero-order valence-electron chi connectivity index (χ0n) is 11.1. The first-order chi connectivity index (χ1) is 9.45. The van der Waals surface area contributed by atoms with Gasteiger partial charge in [-0.15, -0.1) is 0 Å². The Kier molecular flexibility index (Phi) is 4.32. The highest BCUT2D eigenvalue weighted by Crippen LogP contribution is 2.32.